The summed E-state index contributed by atoms with van der Waals surface area (Å²) in [5.74, 6) is -1.07. The van der Waals surface area contributed by atoms with Crippen LogP contribution in [0.4, 0.5) is 4.39 Å². The average Bonchev–Trinajstić information content (AvgIpc) is 2.46. The Kier molecular flexibility index (Phi) is 4.23. The second-order valence-corrected chi connectivity index (χ2v) is 4.21. The third-order valence-corrected chi connectivity index (χ3v) is 2.78. The highest BCUT2D eigenvalue weighted by atomic mass is 19.1. The van der Waals surface area contributed by atoms with Gasteiger partial charge in [0.25, 0.3) is 0 Å². The number of halogens is 1. The third kappa shape index (κ3) is 3.61. The van der Waals surface area contributed by atoms with Crippen molar-refractivity contribution in [1.82, 2.24) is 4.98 Å². The highest BCUT2D eigenvalue weighted by Crippen LogP contribution is 2.14. The Bertz CT molecular complexity index is 540. The monoisotopic (exact) mass is 259 g/mol. The standard InChI is InChI=1S/C15H14FNO2/c1-11(14-4-2-3-9-17-14)15(18)19-10-12-5-7-13(16)8-6-12/h2-9,11H,10H2,1H3. The van der Waals surface area contributed by atoms with Crippen LogP contribution in [-0.2, 0) is 16.1 Å². The molecule has 3 nitrogen and oxygen atoms in total. The van der Waals surface area contributed by atoms with Gasteiger partial charge in [0.1, 0.15) is 12.4 Å². The molecule has 0 amide bonds. The lowest BCUT2D eigenvalue weighted by molar-refractivity contribution is -0.146. The molecule has 0 saturated carbocycles. The van der Waals surface area contributed by atoms with Crippen LogP contribution in [0.25, 0.3) is 0 Å². The van der Waals surface area contributed by atoms with E-state index in [9.17, 15) is 9.18 Å². The van der Waals surface area contributed by atoms with E-state index >= 15 is 0 Å². The molecule has 0 N–H and O–H groups in total. The van der Waals surface area contributed by atoms with Crippen molar-refractivity contribution in [3.05, 3.63) is 65.7 Å². The first-order valence-electron chi connectivity index (χ1n) is 5.99. The van der Waals surface area contributed by atoms with Gasteiger partial charge in [0, 0.05) is 6.20 Å². The van der Waals surface area contributed by atoms with Gasteiger partial charge in [0.2, 0.25) is 0 Å². The van der Waals surface area contributed by atoms with Gasteiger partial charge < -0.3 is 4.74 Å². The minimum absolute atomic E-state index is 0.135. The molecular weight excluding hydrogens is 245 g/mol. The Balaban J connectivity index is 1.93. The first-order chi connectivity index (χ1) is 9.16. The molecule has 2 aromatic rings. The summed E-state index contributed by atoms with van der Waals surface area (Å²) >= 11 is 0. The molecule has 1 atom stereocenters. The van der Waals surface area contributed by atoms with Crippen molar-refractivity contribution in [2.24, 2.45) is 0 Å². The number of hydrogen-bond acceptors (Lipinski definition) is 3. The van der Waals surface area contributed by atoms with Crippen molar-refractivity contribution in [3.63, 3.8) is 0 Å². The number of rotatable bonds is 4. The molecule has 1 unspecified atom stereocenters. The number of ether oxygens (including phenoxy) is 1. The summed E-state index contributed by atoms with van der Waals surface area (Å²) in [7, 11) is 0. The van der Waals surface area contributed by atoms with Crippen LogP contribution in [0.15, 0.2) is 48.7 Å². The molecule has 0 aliphatic rings. The summed E-state index contributed by atoms with van der Waals surface area (Å²) in [6.45, 7) is 1.88. The average molecular weight is 259 g/mol. The lowest BCUT2D eigenvalue weighted by Crippen LogP contribution is -2.14. The van der Waals surface area contributed by atoms with Crippen LogP contribution in [0, 0.1) is 5.82 Å². The van der Waals surface area contributed by atoms with Crippen LogP contribution < -0.4 is 0 Å². The van der Waals surface area contributed by atoms with Gasteiger partial charge in [-0.3, -0.25) is 9.78 Å². The van der Waals surface area contributed by atoms with Crippen molar-refractivity contribution >= 4 is 5.97 Å². The molecule has 0 saturated heterocycles. The van der Waals surface area contributed by atoms with E-state index in [0.29, 0.717) is 5.69 Å². The molecule has 0 spiro atoms. The maximum Gasteiger partial charge on any atom is 0.315 e. The molecule has 19 heavy (non-hydrogen) atoms. The molecule has 0 radical (unpaired) electrons. The second kappa shape index (κ2) is 6.09. The molecule has 1 heterocycles. The van der Waals surface area contributed by atoms with E-state index in [4.69, 9.17) is 4.74 Å². The normalized spacial score (nSPS) is 11.9. The first kappa shape index (κ1) is 13.2. The molecular formula is C15H14FNO2. The number of benzene rings is 1. The van der Waals surface area contributed by atoms with Crippen molar-refractivity contribution < 1.29 is 13.9 Å². The minimum Gasteiger partial charge on any atom is -0.460 e. The van der Waals surface area contributed by atoms with Gasteiger partial charge in [-0.15, -0.1) is 0 Å². The number of hydrogen-bond donors (Lipinski definition) is 0. The van der Waals surface area contributed by atoms with Crippen LogP contribution in [0.3, 0.4) is 0 Å². The number of aromatic nitrogens is 1. The van der Waals surface area contributed by atoms with E-state index in [1.807, 2.05) is 6.07 Å². The van der Waals surface area contributed by atoms with Crippen LogP contribution in [-0.4, -0.2) is 11.0 Å². The van der Waals surface area contributed by atoms with Gasteiger partial charge in [0.15, 0.2) is 0 Å². The summed E-state index contributed by atoms with van der Waals surface area (Å²) in [5, 5.41) is 0. The molecule has 0 aliphatic carbocycles. The van der Waals surface area contributed by atoms with Gasteiger partial charge in [-0.25, -0.2) is 4.39 Å². The fraction of sp³-hybridized carbons (Fsp3) is 0.200. The summed E-state index contributed by atoms with van der Waals surface area (Å²) in [6, 6.07) is 11.3. The number of esters is 1. The number of carbonyl (C=O) groups excluding carboxylic acids is 1. The maximum absolute atomic E-state index is 12.7. The Morgan fingerprint density at radius 1 is 1.26 bits per heavy atom. The fourth-order valence-corrected chi connectivity index (χ4v) is 1.61. The Hall–Kier alpha value is -2.23. The first-order valence-corrected chi connectivity index (χ1v) is 5.99. The van der Waals surface area contributed by atoms with E-state index < -0.39 is 5.92 Å². The SMILES string of the molecule is CC(C(=O)OCc1ccc(F)cc1)c1ccccn1. The highest BCUT2D eigenvalue weighted by Gasteiger charge is 2.17. The Morgan fingerprint density at radius 3 is 2.63 bits per heavy atom. The molecule has 1 aromatic carbocycles. The van der Waals surface area contributed by atoms with E-state index in [2.05, 4.69) is 4.98 Å². The quantitative estimate of drug-likeness (QED) is 0.792. The number of pyridine rings is 1. The minimum atomic E-state index is -0.415. The Morgan fingerprint density at radius 2 is 2.00 bits per heavy atom. The maximum atomic E-state index is 12.7. The van der Waals surface area contributed by atoms with Crippen molar-refractivity contribution in [2.45, 2.75) is 19.4 Å². The molecule has 2 rings (SSSR count). The van der Waals surface area contributed by atoms with E-state index in [1.54, 1.807) is 37.4 Å². The fourth-order valence-electron chi connectivity index (χ4n) is 1.61. The van der Waals surface area contributed by atoms with Gasteiger partial charge in [0.05, 0.1) is 11.6 Å². The van der Waals surface area contributed by atoms with E-state index in [1.165, 1.54) is 12.1 Å². The third-order valence-electron chi connectivity index (χ3n) is 2.78. The molecule has 0 aliphatic heterocycles. The topological polar surface area (TPSA) is 39.2 Å². The molecule has 0 bridgehead atoms. The summed E-state index contributed by atoms with van der Waals surface area (Å²) in [6.07, 6.45) is 1.64. The van der Waals surface area contributed by atoms with Crippen molar-refractivity contribution in [2.75, 3.05) is 0 Å². The van der Waals surface area contributed by atoms with Gasteiger partial charge in [-0.05, 0) is 36.8 Å². The zero-order valence-electron chi connectivity index (χ0n) is 10.5. The summed E-state index contributed by atoms with van der Waals surface area (Å²) in [5.41, 5.74) is 1.43. The molecule has 1 aromatic heterocycles. The lowest BCUT2D eigenvalue weighted by Gasteiger charge is -2.10. The van der Waals surface area contributed by atoms with Crippen LogP contribution in [0.5, 0.6) is 0 Å². The molecule has 4 heteroatoms. The smallest absolute Gasteiger partial charge is 0.315 e. The van der Waals surface area contributed by atoms with E-state index in [0.717, 1.165) is 5.56 Å². The van der Waals surface area contributed by atoms with Gasteiger partial charge >= 0.3 is 5.97 Å². The van der Waals surface area contributed by atoms with Gasteiger partial charge in [-0.2, -0.15) is 0 Å². The summed E-state index contributed by atoms with van der Waals surface area (Å²) < 4.78 is 17.9. The van der Waals surface area contributed by atoms with Crippen LogP contribution in [0.2, 0.25) is 0 Å². The zero-order chi connectivity index (χ0) is 13.7. The molecule has 0 fully saturated rings. The van der Waals surface area contributed by atoms with E-state index in [-0.39, 0.29) is 18.4 Å². The summed E-state index contributed by atoms with van der Waals surface area (Å²) in [4.78, 5) is 16.0. The largest absolute Gasteiger partial charge is 0.460 e. The van der Waals surface area contributed by atoms with Crippen molar-refractivity contribution in [3.8, 4) is 0 Å². The zero-order valence-corrected chi connectivity index (χ0v) is 10.5. The lowest BCUT2D eigenvalue weighted by atomic mass is 10.1. The highest BCUT2D eigenvalue weighted by molar-refractivity contribution is 5.77. The predicted octanol–water partition coefficient (Wildman–Crippen LogP) is 3.07. The number of carbonyl (C=O) groups is 1. The van der Waals surface area contributed by atoms with Crippen LogP contribution >= 0.6 is 0 Å². The second-order valence-electron chi connectivity index (χ2n) is 4.21. The predicted molar refractivity (Wildman–Crippen MR) is 68.8 cm³/mol. The number of nitrogens with zero attached hydrogens (tertiary/aromatic N) is 1. The molecule has 98 valence electrons. The van der Waals surface area contributed by atoms with Crippen molar-refractivity contribution in [1.29, 1.82) is 0 Å². The Labute approximate surface area is 111 Å². The van der Waals surface area contributed by atoms with Crippen LogP contribution in [0.1, 0.15) is 24.1 Å². The van der Waals surface area contributed by atoms with Gasteiger partial charge in [-0.1, -0.05) is 18.2 Å².